The average molecular weight is 420 g/mol. The SMILES string of the molecule is CCCCN1C(=O)c2ccc(C(=O)NCC(c3ccccc3)N3CCCC3)cc2C1=O. The summed E-state index contributed by atoms with van der Waals surface area (Å²) < 4.78 is 0. The summed E-state index contributed by atoms with van der Waals surface area (Å²) in [5, 5.41) is 3.05. The molecule has 1 unspecified atom stereocenters. The van der Waals surface area contributed by atoms with Crippen molar-refractivity contribution >= 4 is 17.7 Å². The first-order valence-electron chi connectivity index (χ1n) is 11.2. The normalized spacial score (nSPS) is 17.1. The number of fused-ring (bicyclic) bond motifs is 1. The molecule has 0 aliphatic carbocycles. The molecule has 0 radical (unpaired) electrons. The molecule has 0 aromatic heterocycles. The van der Waals surface area contributed by atoms with Gasteiger partial charge in [0.1, 0.15) is 0 Å². The third kappa shape index (κ3) is 4.39. The standard InChI is InChI=1S/C25H29N3O3/c1-2-3-15-28-24(30)20-12-11-19(16-21(20)25(28)31)23(29)26-17-22(27-13-7-8-14-27)18-9-5-4-6-10-18/h4-6,9-12,16,22H,2-3,7-8,13-15,17H2,1H3,(H,26,29). The minimum atomic E-state index is -0.303. The van der Waals surface area contributed by atoms with Gasteiger partial charge < -0.3 is 5.32 Å². The smallest absolute Gasteiger partial charge is 0.261 e. The van der Waals surface area contributed by atoms with Crippen molar-refractivity contribution in [1.82, 2.24) is 15.1 Å². The number of nitrogens with zero attached hydrogens (tertiary/aromatic N) is 2. The van der Waals surface area contributed by atoms with Gasteiger partial charge >= 0.3 is 0 Å². The van der Waals surface area contributed by atoms with Crippen LogP contribution in [-0.2, 0) is 0 Å². The molecule has 3 amide bonds. The number of rotatable bonds is 8. The van der Waals surface area contributed by atoms with E-state index in [1.165, 1.54) is 23.3 Å². The van der Waals surface area contributed by atoms with Crippen LogP contribution in [0.4, 0.5) is 0 Å². The first-order valence-corrected chi connectivity index (χ1v) is 11.2. The van der Waals surface area contributed by atoms with E-state index in [-0.39, 0.29) is 23.8 Å². The van der Waals surface area contributed by atoms with Crippen LogP contribution in [0.2, 0.25) is 0 Å². The molecule has 4 rings (SSSR count). The summed E-state index contributed by atoms with van der Waals surface area (Å²) in [6.07, 6.45) is 4.02. The number of hydrogen-bond acceptors (Lipinski definition) is 4. The number of unbranched alkanes of at least 4 members (excludes halogenated alkanes) is 1. The van der Waals surface area contributed by atoms with Crippen LogP contribution in [0.3, 0.4) is 0 Å². The van der Waals surface area contributed by atoms with Crippen LogP contribution in [-0.4, -0.2) is 53.7 Å². The fraction of sp³-hybridized carbons (Fsp3) is 0.400. The Labute approximate surface area is 183 Å². The monoisotopic (exact) mass is 419 g/mol. The molecule has 1 fully saturated rings. The third-order valence-corrected chi connectivity index (χ3v) is 6.19. The Morgan fingerprint density at radius 2 is 1.71 bits per heavy atom. The Balaban J connectivity index is 1.47. The highest BCUT2D eigenvalue weighted by atomic mass is 16.2. The van der Waals surface area contributed by atoms with Crippen molar-refractivity contribution in [2.24, 2.45) is 0 Å². The molecule has 1 N–H and O–H groups in total. The molecule has 6 heteroatoms. The maximum absolute atomic E-state index is 12.9. The quantitative estimate of drug-likeness (QED) is 0.663. The van der Waals surface area contributed by atoms with Gasteiger partial charge in [0, 0.05) is 18.7 Å². The van der Waals surface area contributed by atoms with Gasteiger partial charge in [-0.1, -0.05) is 43.7 Å². The number of imide groups is 1. The van der Waals surface area contributed by atoms with Gasteiger partial charge in [-0.3, -0.25) is 24.2 Å². The maximum Gasteiger partial charge on any atom is 0.261 e. The van der Waals surface area contributed by atoms with Crippen molar-refractivity contribution in [3.05, 3.63) is 70.8 Å². The summed E-state index contributed by atoms with van der Waals surface area (Å²) >= 11 is 0. The molecule has 2 aromatic rings. The Hall–Kier alpha value is -2.99. The number of carbonyl (C=O) groups is 3. The van der Waals surface area contributed by atoms with E-state index in [0.29, 0.717) is 29.8 Å². The molecule has 6 nitrogen and oxygen atoms in total. The number of nitrogens with one attached hydrogen (secondary N) is 1. The molecule has 1 saturated heterocycles. The van der Waals surface area contributed by atoms with Gasteiger partial charge in [-0.2, -0.15) is 0 Å². The number of amides is 3. The molecule has 1 atom stereocenters. The van der Waals surface area contributed by atoms with Crippen molar-refractivity contribution in [1.29, 1.82) is 0 Å². The zero-order valence-corrected chi connectivity index (χ0v) is 18.0. The highest BCUT2D eigenvalue weighted by Gasteiger charge is 2.35. The van der Waals surface area contributed by atoms with Gasteiger partial charge in [0.25, 0.3) is 17.7 Å². The van der Waals surface area contributed by atoms with E-state index >= 15 is 0 Å². The number of benzene rings is 2. The molecule has 31 heavy (non-hydrogen) atoms. The van der Waals surface area contributed by atoms with Crippen LogP contribution in [0.1, 0.15) is 75.3 Å². The average Bonchev–Trinajstić information content (AvgIpc) is 3.41. The van der Waals surface area contributed by atoms with E-state index in [2.05, 4.69) is 22.3 Å². The second-order valence-corrected chi connectivity index (χ2v) is 8.26. The lowest BCUT2D eigenvalue weighted by atomic mass is 10.0. The fourth-order valence-corrected chi connectivity index (χ4v) is 4.43. The highest BCUT2D eigenvalue weighted by molar-refractivity contribution is 6.22. The Morgan fingerprint density at radius 3 is 2.42 bits per heavy atom. The third-order valence-electron chi connectivity index (χ3n) is 6.19. The van der Waals surface area contributed by atoms with E-state index in [9.17, 15) is 14.4 Å². The predicted molar refractivity (Wildman–Crippen MR) is 119 cm³/mol. The minimum Gasteiger partial charge on any atom is -0.350 e. The van der Waals surface area contributed by atoms with Gasteiger partial charge in [-0.15, -0.1) is 0 Å². The van der Waals surface area contributed by atoms with Crippen molar-refractivity contribution in [2.45, 2.75) is 38.6 Å². The molecule has 2 aromatic carbocycles. The zero-order valence-electron chi connectivity index (χ0n) is 18.0. The highest BCUT2D eigenvalue weighted by Crippen LogP contribution is 2.26. The second-order valence-electron chi connectivity index (χ2n) is 8.26. The largest absolute Gasteiger partial charge is 0.350 e. The van der Waals surface area contributed by atoms with Crippen molar-refractivity contribution in [3.8, 4) is 0 Å². The van der Waals surface area contributed by atoms with E-state index in [1.54, 1.807) is 18.2 Å². The van der Waals surface area contributed by atoms with E-state index in [1.807, 2.05) is 25.1 Å². The summed E-state index contributed by atoms with van der Waals surface area (Å²) in [6, 6.07) is 15.2. The second kappa shape index (κ2) is 9.43. The molecule has 0 bridgehead atoms. The van der Waals surface area contributed by atoms with Gasteiger partial charge in [0.05, 0.1) is 17.2 Å². The van der Waals surface area contributed by atoms with Crippen LogP contribution in [0.15, 0.2) is 48.5 Å². The first-order chi connectivity index (χ1) is 15.1. The fourth-order valence-electron chi connectivity index (χ4n) is 4.43. The van der Waals surface area contributed by atoms with Crippen LogP contribution < -0.4 is 5.32 Å². The summed E-state index contributed by atoms with van der Waals surface area (Å²) in [6.45, 7) is 4.98. The lowest BCUT2D eigenvalue weighted by Gasteiger charge is -2.28. The molecule has 0 spiro atoms. The Morgan fingerprint density at radius 1 is 1.00 bits per heavy atom. The Bertz CT molecular complexity index is 967. The van der Waals surface area contributed by atoms with E-state index < -0.39 is 0 Å². The molecule has 2 aliphatic heterocycles. The zero-order chi connectivity index (χ0) is 21.8. The van der Waals surface area contributed by atoms with Crippen LogP contribution >= 0.6 is 0 Å². The molecular weight excluding hydrogens is 390 g/mol. The van der Waals surface area contributed by atoms with Crippen molar-refractivity contribution in [3.63, 3.8) is 0 Å². The van der Waals surface area contributed by atoms with Gasteiger partial charge in [-0.25, -0.2) is 0 Å². The molecule has 0 saturated carbocycles. The summed E-state index contributed by atoms with van der Waals surface area (Å²) in [5.74, 6) is -0.795. The predicted octanol–water partition coefficient (Wildman–Crippen LogP) is 3.65. The first kappa shape index (κ1) is 21.2. The lowest BCUT2D eigenvalue weighted by molar-refractivity contribution is 0.0652. The lowest BCUT2D eigenvalue weighted by Crippen LogP contribution is -2.36. The van der Waals surface area contributed by atoms with Gasteiger partial charge in [0.15, 0.2) is 0 Å². The van der Waals surface area contributed by atoms with Gasteiger partial charge in [-0.05, 0) is 56.1 Å². The molecule has 2 aliphatic rings. The molecular formula is C25H29N3O3. The van der Waals surface area contributed by atoms with Gasteiger partial charge in [0.2, 0.25) is 0 Å². The molecule has 162 valence electrons. The van der Waals surface area contributed by atoms with Crippen LogP contribution in [0, 0.1) is 0 Å². The van der Waals surface area contributed by atoms with E-state index in [0.717, 1.165) is 25.9 Å². The number of hydrogen-bond donors (Lipinski definition) is 1. The Kier molecular flexibility index (Phi) is 6.47. The van der Waals surface area contributed by atoms with Crippen molar-refractivity contribution < 1.29 is 14.4 Å². The molecule has 2 heterocycles. The summed E-state index contributed by atoms with van der Waals surface area (Å²) in [4.78, 5) is 41.8. The topological polar surface area (TPSA) is 69.7 Å². The van der Waals surface area contributed by atoms with Crippen LogP contribution in [0.25, 0.3) is 0 Å². The van der Waals surface area contributed by atoms with Crippen LogP contribution in [0.5, 0.6) is 0 Å². The minimum absolute atomic E-state index is 0.120. The summed E-state index contributed by atoms with van der Waals surface area (Å²) in [7, 11) is 0. The summed E-state index contributed by atoms with van der Waals surface area (Å²) in [5.41, 5.74) is 2.31. The number of carbonyl (C=O) groups excluding carboxylic acids is 3. The number of likely N-dealkylation sites (tertiary alicyclic amines) is 1. The van der Waals surface area contributed by atoms with E-state index in [4.69, 9.17) is 0 Å². The maximum atomic E-state index is 12.9. The van der Waals surface area contributed by atoms with Crippen molar-refractivity contribution in [2.75, 3.05) is 26.2 Å².